The Hall–Kier alpha value is -3.22. The zero-order valence-corrected chi connectivity index (χ0v) is 12.9. The van der Waals surface area contributed by atoms with Gasteiger partial charge in [0.25, 0.3) is 5.56 Å². The molecule has 2 N–H and O–H groups in total. The van der Waals surface area contributed by atoms with E-state index in [1.54, 1.807) is 48.8 Å². The minimum Gasteiger partial charge on any atom is -0.325 e. The Kier molecular flexibility index (Phi) is 4.51. The molecule has 0 aliphatic carbocycles. The first-order valence-electron chi connectivity index (χ1n) is 7.57. The largest absolute Gasteiger partial charge is 0.328 e. The fourth-order valence-corrected chi connectivity index (χ4v) is 2.46. The first-order chi connectivity index (χ1) is 11.6. The topological polar surface area (TPSA) is 96.9 Å². The molecule has 0 fully saturated rings. The highest BCUT2D eigenvalue weighted by Gasteiger charge is 2.08. The molecule has 7 heteroatoms. The molecule has 7 nitrogen and oxygen atoms in total. The summed E-state index contributed by atoms with van der Waals surface area (Å²) in [7, 11) is 0. The Morgan fingerprint density at radius 1 is 1.17 bits per heavy atom. The van der Waals surface area contributed by atoms with E-state index in [2.05, 4.69) is 15.3 Å². The third-order valence-electron chi connectivity index (χ3n) is 3.62. The number of anilines is 1. The molecule has 24 heavy (non-hydrogen) atoms. The molecule has 1 amide bonds. The highest BCUT2D eigenvalue weighted by Crippen LogP contribution is 2.05. The fraction of sp³-hybridized carbons (Fsp3) is 0.176. The average Bonchev–Trinajstić information content (AvgIpc) is 2.59. The second kappa shape index (κ2) is 6.91. The third-order valence-corrected chi connectivity index (χ3v) is 3.62. The standard InChI is InChI=1S/C17H16N4O3/c22-15(19-12-5-3-9-18-11-12)8-4-10-21-16(23)13-6-1-2-7-14(13)20-17(21)24/h1-3,5-7,9,11H,4,8,10H2,(H,19,22)(H,20,24). The highest BCUT2D eigenvalue weighted by atomic mass is 16.2. The normalized spacial score (nSPS) is 10.7. The van der Waals surface area contributed by atoms with Crippen LogP contribution in [0.15, 0.2) is 58.4 Å². The van der Waals surface area contributed by atoms with E-state index in [1.165, 1.54) is 0 Å². The monoisotopic (exact) mass is 324 g/mol. The van der Waals surface area contributed by atoms with Crippen molar-refractivity contribution in [2.75, 3.05) is 5.32 Å². The molecule has 0 unspecified atom stereocenters. The zero-order valence-electron chi connectivity index (χ0n) is 12.9. The van der Waals surface area contributed by atoms with Gasteiger partial charge in [-0.15, -0.1) is 0 Å². The predicted molar refractivity (Wildman–Crippen MR) is 90.9 cm³/mol. The highest BCUT2D eigenvalue weighted by molar-refractivity contribution is 5.90. The molecule has 0 aliphatic rings. The lowest BCUT2D eigenvalue weighted by Gasteiger charge is -2.07. The SMILES string of the molecule is O=C(CCCn1c(=O)[nH]c2ccccc2c1=O)Nc1cccnc1. The number of aromatic nitrogens is 3. The van der Waals surface area contributed by atoms with Crippen LogP contribution >= 0.6 is 0 Å². The molecule has 3 aromatic rings. The second-order valence-corrected chi connectivity index (χ2v) is 5.33. The van der Waals surface area contributed by atoms with Gasteiger partial charge < -0.3 is 10.3 Å². The number of carbonyl (C=O) groups excluding carboxylic acids is 1. The second-order valence-electron chi connectivity index (χ2n) is 5.33. The summed E-state index contributed by atoms with van der Waals surface area (Å²) >= 11 is 0. The Labute approximate surface area is 137 Å². The third kappa shape index (κ3) is 3.40. The van der Waals surface area contributed by atoms with E-state index < -0.39 is 5.69 Å². The Bertz CT molecular complexity index is 976. The van der Waals surface area contributed by atoms with E-state index in [1.807, 2.05) is 0 Å². The molecule has 3 rings (SSSR count). The van der Waals surface area contributed by atoms with Gasteiger partial charge in [0.2, 0.25) is 5.91 Å². The van der Waals surface area contributed by atoms with Crippen LogP contribution in [-0.4, -0.2) is 20.4 Å². The van der Waals surface area contributed by atoms with Crippen LogP contribution in [-0.2, 0) is 11.3 Å². The minimum atomic E-state index is -0.466. The van der Waals surface area contributed by atoms with Crippen LogP contribution in [0.25, 0.3) is 10.9 Å². The first kappa shape index (κ1) is 15.7. The van der Waals surface area contributed by atoms with Crippen LogP contribution in [0.3, 0.4) is 0 Å². The number of amides is 1. The molecular formula is C17H16N4O3. The number of nitrogens with zero attached hydrogens (tertiary/aromatic N) is 2. The Balaban J connectivity index is 1.67. The zero-order chi connectivity index (χ0) is 16.9. The van der Waals surface area contributed by atoms with Crippen molar-refractivity contribution in [1.82, 2.24) is 14.5 Å². The molecule has 2 aromatic heterocycles. The summed E-state index contributed by atoms with van der Waals surface area (Å²) in [5.74, 6) is -0.187. The van der Waals surface area contributed by atoms with Gasteiger partial charge in [-0.2, -0.15) is 0 Å². The lowest BCUT2D eigenvalue weighted by molar-refractivity contribution is -0.116. The summed E-state index contributed by atoms with van der Waals surface area (Å²) in [6, 6.07) is 10.3. The number of pyridine rings is 1. The van der Waals surface area contributed by atoms with Crippen LogP contribution in [0, 0.1) is 0 Å². The van der Waals surface area contributed by atoms with Crippen LogP contribution in [0.4, 0.5) is 5.69 Å². The van der Waals surface area contributed by atoms with Crippen LogP contribution in [0.5, 0.6) is 0 Å². The lowest BCUT2D eigenvalue weighted by Crippen LogP contribution is -2.35. The van der Waals surface area contributed by atoms with Gasteiger partial charge in [0.1, 0.15) is 0 Å². The van der Waals surface area contributed by atoms with Gasteiger partial charge in [0.05, 0.1) is 22.8 Å². The summed E-state index contributed by atoms with van der Waals surface area (Å²) in [6.45, 7) is 0.180. The summed E-state index contributed by atoms with van der Waals surface area (Å²) in [5, 5.41) is 3.17. The number of carbonyl (C=O) groups is 1. The quantitative estimate of drug-likeness (QED) is 0.743. The lowest BCUT2D eigenvalue weighted by atomic mass is 10.2. The van der Waals surface area contributed by atoms with Crippen molar-refractivity contribution in [2.24, 2.45) is 0 Å². The number of para-hydroxylation sites is 1. The van der Waals surface area contributed by atoms with Crippen molar-refractivity contribution in [3.63, 3.8) is 0 Å². The fourth-order valence-electron chi connectivity index (χ4n) is 2.46. The molecule has 0 spiro atoms. The van der Waals surface area contributed by atoms with Crippen LogP contribution in [0.1, 0.15) is 12.8 Å². The summed E-state index contributed by atoms with van der Waals surface area (Å²) < 4.78 is 1.12. The summed E-state index contributed by atoms with van der Waals surface area (Å²) in [6.07, 6.45) is 3.76. The number of rotatable bonds is 5. The van der Waals surface area contributed by atoms with Gasteiger partial charge in [-0.1, -0.05) is 12.1 Å². The van der Waals surface area contributed by atoms with E-state index in [0.717, 1.165) is 4.57 Å². The molecule has 0 bridgehead atoms. The smallest absolute Gasteiger partial charge is 0.325 e. The van der Waals surface area contributed by atoms with E-state index in [-0.39, 0.29) is 24.4 Å². The van der Waals surface area contributed by atoms with Crippen molar-refractivity contribution in [3.8, 4) is 0 Å². The van der Waals surface area contributed by atoms with E-state index in [0.29, 0.717) is 23.0 Å². The van der Waals surface area contributed by atoms with Crippen molar-refractivity contribution in [1.29, 1.82) is 0 Å². The molecule has 0 saturated heterocycles. The molecule has 0 radical (unpaired) electrons. The number of benzene rings is 1. The van der Waals surface area contributed by atoms with Gasteiger partial charge in [0.15, 0.2) is 0 Å². The molecule has 1 aromatic carbocycles. The number of aromatic amines is 1. The molecule has 0 saturated carbocycles. The number of fused-ring (bicyclic) bond motifs is 1. The van der Waals surface area contributed by atoms with E-state index >= 15 is 0 Å². The average molecular weight is 324 g/mol. The van der Waals surface area contributed by atoms with Crippen molar-refractivity contribution in [2.45, 2.75) is 19.4 Å². The Morgan fingerprint density at radius 2 is 2.00 bits per heavy atom. The van der Waals surface area contributed by atoms with Crippen molar-refractivity contribution in [3.05, 3.63) is 69.6 Å². The maximum absolute atomic E-state index is 12.4. The van der Waals surface area contributed by atoms with Crippen LogP contribution in [0.2, 0.25) is 0 Å². The van der Waals surface area contributed by atoms with E-state index in [9.17, 15) is 14.4 Å². The molecular weight excluding hydrogens is 308 g/mol. The predicted octanol–water partition coefficient (Wildman–Crippen LogP) is 1.50. The molecule has 0 atom stereocenters. The van der Waals surface area contributed by atoms with Gasteiger partial charge in [-0.05, 0) is 30.7 Å². The van der Waals surface area contributed by atoms with Gasteiger partial charge in [-0.25, -0.2) is 4.79 Å². The van der Waals surface area contributed by atoms with Gasteiger partial charge >= 0.3 is 5.69 Å². The van der Waals surface area contributed by atoms with Crippen molar-refractivity contribution >= 4 is 22.5 Å². The minimum absolute atomic E-state index is 0.180. The summed E-state index contributed by atoms with van der Waals surface area (Å²) in [5.41, 5.74) is 0.315. The number of hydrogen-bond donors (Lipinski definition) is 2. The Morgan fingerprint density at radius 3 is 2.79 bits per heavy atom. The molecule has 122 valence electrons. The maximum atomic E-state index is 12.4. The summed E-state index contributed by atoms with van der Waals surface area (Å²) in [4.78, 5) is 42.8. The molecule has 0 aliphatic heterocycles. The van der Waals surface area contributed by atoms with Gasteiger partial charge in [-0.3, -0.25) is 19.1 Å². The first-order valence-corrected chi connectivity index (χ1v) is 7.57. The number of hydrogen-bond acceptors (Lipinski definition) is 4. The number of H-pyrrole nitrogens is 1. The maximum Gasteiger partial charge on any atom is 0.328 e. The molecule has 2 heterocycles. The number of nitrogens with one attached hydrogen (secondary N) is 2. The van der Waals surface area contributed by atoms with Gasteiger partial charge in [0, 0.05) is 19.2 Å². The van der Waals surface area contributed by atoms with E-state index in [4.69, 9.17) is 0 Å². The van der Waals surface area contributed by atoms with Crippen LogP contribution < -0.4 is 16.6 Å². The van der Waals surface area contributed by atoms with Crippen molar-refractivity contribution < 1.29 is 4.79 Å².